The maximum absolute atomic E-state index is 4.51. The SMILES string of the molecule is CNc1nc(C)cn1C1CCC(C)CC1C. The van der Waals surface area contributed by atoms with Gasteiger partial charge in [0.05, 0.1) is 5.69 Å². The second-order valence-corrected chi connectivity index (χ2v) is 5.33. The van der Waals surface area contributed by atoms with Crippen molar-refractivity contribution in [3.63, 3.8) is 0 Å². The number of aryl methyl sites for hydroxylation is 1. The highest BCUT2D eigenvalue weighted by Gasteiger charge is 2.27. The summed E-state index contributed by atoms with van der Waals surface area (Å²) in [4.78, 5) is 4.51. The first kappa shape index (κ1) is 11.5. The van der Waals surface area contributed by atoms with Crippen molar-refractivity contribution in [3.8, 4) is 0 Å². The van der Waals surface area contributed by atoms with E-state index in [0.29, 0.717) is 6.04 Å². The summed E-state index contributed by atoms with van der Waals surface area (Å²) in [5, 5.41) is 3.20. The lowest BCUT2D eigenvalue weighted by Gasteiger charge is -2.34. The fourth-order valence-electron chi connectivity index (χ4n) is 3.02. The smallest absolute Gasteiger partial charge is 0.203 e. The molecule has 1 aliphatic rings. The first-order valence-electron chi connectivity index (χ1n) is 6.35. The predicted octanol–water partition coefficient (Wildman–Crippen LogP) is 3.23. The topological polar surface area (TPSA) is 29.9 Å². The Hall–Kier alpha value is -0.990. The third-order valence-corrected chi connectivity index (χ3v) is 3.82. The summed E-state index contributed by atoms with van der Waals surface area (Å²) < 4.78 is 2.34. The Kier molecular flexibility index (Phi) is 3.22. The Bertz CT molecular complexity index is 356. The molecule has 3 heteroatoms. The van der Waals surface area contributed by atoms with Gasteiger partial charge in [-0.2, -0.15) is 0 Å². The molecule has 0 aromatic carbocycles. The minimum atomic E-state index is 0.625. The molecule has 1 saturated carbocycles. The zero-order valence-electron chi connectivity index (χ0n) is 10.8. The molecular formula is C13H23N3. The first-order valence-corrected chi connectivity index (χ1v) is 6.35. The van der Waals surface area contributed by atoms with Gasteiger partial charge in [0, 0.05) is 19.3 Å². The minimum absolute atomic E-state index is 0.625. The summed E-state index contributed by atoms with van der Waals surface area (Å²) in [5.41, 5.74) is 1.11. The van der Waals surface area contributed by atoms with Gasteiger partial charge in [0.1, 0.15) is 0 Å². The quantitative estimate of drug-likeness (QED) is 0.831. The lowest BCUT2D eigenvalue weighted by Crippen LogP contribution is -2.25. The van der Waals surface area contributed by atoms with Gasteiger partial charge < -0.3 is 9.88 Å². The highest BCUT2D eigenvalue weighted by atomic mass is 15.2. The minimum Gasteiger partial charge on any atom is -0.359 e. The predicted molar refractivity (Wildman–Crippen MR) is 67.7 cm³/mol. The number of rotatable bonds is 2. The van der Waals surface area contributed by atoms with E-state index in [1.807, 2.05) is 7.05 Å². The maximum Gasteiger partial charge on any atom is 0.203 e. The van der Waals surface area contributed by atoms with Crippen LogP contribution in [0.1, 0.15) is 44.8 Å². The summed E-state index contributed by atoms with van der Waals surface area (Å²) in [6, 6.07) is 0.625. The molecule has 1 aromatic heterocycles. The Morgan fingerprint density at radius 2 is 2.12 bits per heavy atom. The van der Waals surface area contributed by atoms with Gasteiger partial charge in [0.2, 0.25) is 5.95 Å². The molecule has 0 aliphatic heterocycles. The number of anilines is 1. The summed E-state index contributed by atoms with van der Waals surface area (Å²) in [5.74, 6) is 2.65. The Morgan fingerprint density at radius 3 is 2.75 bits per heavy atom. The summed E-state index contributed by atoms with van der Waals surface area (Å²) in [7, 11) is 1.95. The van der Waals surface area contributed by atoms with Gasteiger partial charge in [0.15, 0.2) is 0 Å². The van der Waals surface area contributed by atoms with E-state index in [1.54, 1.807) is 0 Å². The maximum atomic E-state index is 4.51. The summed E-state index contributed by atoms with van der Waals surface area (Å²) >= 11 is 0. The van der Waals surface area contributed by atoms with Crippen molar-refractivity contribution in [2.24, 2.45) is 11.8 Å². The molecule has 3 nitrogen and oxygen atoms in total. The van der Waals surface area contributed by atoms with Gasteiger partial charge in [-0.15, -0.1) is 0 Å². The van der Waals surface area contributed by atoms with Crippen LogP contribution < -0.4 is 5.32 Å². The van der Waals surface area contributed by atoms with E-state index in [2.05, 4.69) is 41.8 Å². The van der Waals surface area contributed by atoms with E-state index in [4.69, 9.17) is 0 Å². The van der Waals surface area contributed by atoms with Crippen molar-refractivity contribution in [3.05, 3.63) is 11.9 Å². The lowest BCUT2D eigenvalue weighted by atomic mass is 9.80. The first-order chi connectivity index (χ1) is 7.61. The fourth-order valence-corrected chi connectivity index (χ4v) is 3.02. The van der Waals surface area contributed by atoms with Crippen molar-refractivity contribution >= 4 is 5.95 Å². The van der Waals surface area contributed by atoms with Crippen molar-refractivity contribution in [1.29, 1.82) is 0 Å². The molecule has 0 radical (unpaired) electrons. The molecule has 1 fully saturated rings. The summed E-state index contributed by atoms with van der Waals surface area (Å²) in [6.45, 7) is 6.80. The number of imidazole rings is 1. The number of hydrogen-bond acceptors (Lipinski definition) is 2. The molecule has 3 unspecified atom stereocenters. The van der Waals surface area contributed by atoms with E-state index < -0.39 is 0 Å². The molecule has 1 aromatic rings. The van der Waals surface area contributed by atoms with Crippen molar-refractivity contribution < 1.29 is 0 Å². The fraction of sp³-hybridized carbons (Fsp3) is 0.769. The number of aromatic nitrogens is 2. The molecule has 90 valence electrons. The van der Waals surface area contributed by atoms with E-state index >= 15 is 0 Å². The average molecular weight is 221 g/mol. The molecule has 16 heavy (non-hydrogen) atoms. The molecule has 1 heterocycles. The zero-order chi connectivity index (χ0) is 11.7. The molecular weight excluding hydrogens is 198 g/mol. The van der Waals surface area contributed by atoms with E-state index in [9.17, 15) is 0 Å². The van der Waals surface area contributed by atoms with Gasteiger partial charge in [-0.25, -0.2) is 4.98 Å². The van der Waals surface area contributed by atoms with Crippen LogP contribution in [-0.2, 0) is 0 Å². The van der Waals surface area contributed by atoms with Crippen LogP contribution in [0.15, 0.2) is 6.20 Å². The zero-order valence-corrected chi connectivity index (χ0v) is 10.8. The van der Waals surface area contributed by atoms with Crippen LogP contribution in [-0.4, -0.2) is 16.6 Å². The Labute approximate surface area is 98.3 Å². The summed E-state index contributed by atoms with van der Waals surface area (Å²) in [6.07, 6.45) is 6.15. The molecule has 3 atom stereocenters. The molecule has 1 aliphatic carbocycles. The third kappa shape index (κ3) is 2.08. The van der Waals surface area contributed by atoms with Gasteiger partial charge in [-0.3, -0.25) is 0 Å². The second-order valence-electron chi connectivity index (χ2n) is 5.33. The monoisotopic (exact) mass is 221 g/mol. The lowest BCUT2D eigenvalue weighted by molar-refractivity contribution is 0.209. The van der Waals surface area contributed by atoms with Crippen LogP contribution in [0.25, 0.3) is 0 Å². The molecule has 0 amide bonds. The number of hydrogen-bond donors (Lipinski definition) is 1. The normalized spacial score (nSPS) is 30.4. The standard InChI is InChI=1S/C13H23N3/c1-9-5-6-12(10(2)7-9)16-8-11(3)15-13(16)14-4/h8-10,12H,5-7H2,1-4H3,(H,14,15). The number of nitrogens with one attached hydrogen (secondary N) is 1. The van der Waals surface area contributed by atoms with Gasteiger partial charge in [-0.05, 0) is 38.0 Å². The number of nitrogens with zero attached hydrogens (tertiary/aromatic N) is 2. The van der Waals surface area contributed by atoms with Crippen LogP contribution >= 0.6 is 0 Å². The van der Waals surface area contributed by atoms with Crippen LogP contribution in [0, 0.1) is 18.8 Å². The molecule has 1 N–H and O–H groups in total. The van der Waals surface area contributed by atoms with Gasteiger partial charge >= 0.3 is 0 Å². The van der Waals surface area contributed by atoms with Gasteiger partial charge in [-0.1, -0.05) is 13.8 Å². The third-order valence-electron chi connectivity index (χ3n) is 3.82. The van der Waals surface area contributed by atoms with Crippen molar-refractivity contribution in [2.75, 3.05) is 12.4 Å². The van der Waals surface area contributed by atoms with Crippen LogP contribution in [0.4, 0.5) is 5.95 Å². The second kappa shape index (κ2) is 4.48. The van der Waals surface area contributed by atoms with Crippen LogP contribution in [0.5, 0.6) is 0 Å². The van der Waals surface area contributed by atoms with Crippen molar-refractivity contribution in [2.45, 2.75) is 46.1 Å². The van der Waals surface area contributed by atoms with Crippen LogP contribution in [0.2, 0.25) is 0 Å². The molecule has 0 spiro atoms. The largest absolute Gasteiger partial charge is 0.359 e. The highest BCUT2D eigenvalue weighted by molar-refractivity contribution is 5.28. The molecule has 0 saturated heterocycles. The highest BCUT2D eigenvalue weighted by Crippen LogP contribution is 2.38. The van der Waals surface area contributed by atoms with E-state index in [-0.39, 0.29) is 0 Å². The molecule has 2 rings (SSSR count). The molecule has 0 bridgehead atoms. The van der Waals surface area contributed by atoms with E-state index in [0.717, 1.165) is 23.5 Å². The van der Waals surface area contributed by atoms with E-state index in [1.165, 1.54) is 19.3 Å². The van der Waals surface area contributed by atoms with Crippen molar-refractivity contribution in [1.82, 2.24) is 9.55 Å². The Balaban J connectivity index is 2.22. The Morgan fingerprint density at radius 1 is 1.38 bits per heavy atom. The average Bonchev–Trinajstić information content (AvgIpc) is 2.59. The van der Waals surface area contributed by atoms with Crippen LogP contribution in [0.3, 0.4) is 0 Å². The van der Waals surface area contributed by atoms with Gasteiger partial charge in [0.25, 0.3) is 0 Å².